The number of hydrogen-bond donors (Lipinski definition) is 0. The third-order valence-corrected chi connectivity index (χ3v) is 5.16. The molecule has 3 heterocycles. The first-order valence-electron chi connectivity index (χ1n) is 9.21. The molecule has 0 saturated carbocycles. The van der Waals surface area contributed by atoms with Crippen LogP contribution in [-0.2, 0) is 4.74 Å². The fraction of sp³-hybridized carbons (Fsp3) is 0.556. The van der Waals surface area contributed by atoms with Gasteiger partial charge < -0.3 is 14.5 Å². The summed E-state index contributed by atoms with van der Waals surface area (Å²) in [7, 11) is 0. The van der Waals surface area contributed by atoms with Crippen LogP contribution in [0.5, 0.6) is 0 Å². The van der Waals surface area contributed by atoms with E-state index in [-0.39, 0.29) is 0 Å². The van der Waals surface area contributed by atoms with Crippen molar-refractivity contribution in [2.24, 2.45) is 0 Å². The summed E-state index contributed by atoms with van der Waals surface area (Å²) in [6.45, 7) is 5.05. The molecule has 0 amide bonds. The molecular formula is C18H23N7O. The number of nitrogens with zero attached hydrogens (tertiary/aromatic N) is 7. The summed E-state index contributed by atoms with van der Waals surface area (Å²) in [5, 5.41) is 21.9. The largest absolute Gasteiger partial charge is 0.381 e. The predicted octanol–water partition coefficient (Wildman–Crippen LogP) is 1.61. The highest BCUT2D eigenvalue weighted by atomic mass is 16.5. The van der Waals surface area contributed by atoms with Gasteiger partial charge in [0.25, 0.3) is 0 Å². The zero-order chi connectivity index (χ0) is 17.8. The monoisotopic (exact) mass is 353 g/mol. The highest BCUT2D eigenvalue weighted by Crippen LogP contribution is 2.26. The first-order chi connectivity index (χ1) is 12.9. The molecule has 2 aromatic rings. The van der Waals surface area contributed by atoms with Gasteiger partial charge in [0.05, 0.1) is 17.3 Å². The SMILES string of the molecule is N#Cc1ccccc1N1CCCN(c2nnnn2C2CCOCC2)CC1. The summed E-state index contributed by atoms with van der Waals surface area (Å²) in [5.41, 5.74) is 1.74. The Morgan fingerprint density at radius 2 is 1.81 bits per heavy atom. The van der Waals surface area contributed by atoms with Gasteiger partial charge in [-0.15, -0.1) is 0 Å². The molecule has 2 aliphatic heterocycles. The van der Waals surface area contributed by atoms with E-state index in [0.29, 0.717) is 6.04 Å². The molecule has 1 aromatic carbocycles. The van der Waals surface area contributed by atoms with E-state index < -0.39 is 0 Å². The fourth-order valence-electron chi connectivity index (χ4n) is 3.77. The van der Waals surface area contributed by atoms with Crippen molar-refractivity contribution in [3.8, 4) is 6.07 Å². The molecule has 8 nitrogen and oxygen atoms in total. The number of para-hydroxylation sites is 1. The summed E-state index contributed by atoms with van der Waals surface area (Å²) in [4.78, 5) is 4.56. The molecule has 0 atom stereocenters. The first kappa shape index (κ1) is 16.8. The molecule has 2 aliphatic rings. The molecule has 0 spiro atoms. The number of tetrazole rings is 1. The third-order valence-electron chi connectivity index (χ3n) is 5.16. The number of ether oxygens (including phenoxy) is 1. The molecule has 4 rings (SSSR count). The standard InChI is InChI=1S/C18H23N7O/c19-14-15-4-1-2-5-17(15)23-8-3-9-24(11-10-23)18-20-21-22-25(18)16-6-12-26-13-7-16/h1-2,4-5,16H,3,6-13H2. The second-order valence-electron chi connectivity index (χ2n) is 6.72. The van der Waals surface area contributed by atoms with E-state index in [1.54, 1.807) is 0 Å². The maximum absolute atomic E-state index is 9.38. The van der Waals surface area contributed by atoms with Crippen molar-refractivity contribution in [1.29, 1.82) is 5.26 Å². The van der Waals surface area contributed by atoms with E-state index in [4.69, 9.17) is 4.74 Å². The van der Waals surface area contributed by atoms with Gasteiger partial charge in [-0.25, -0.2) is 4.68 Å². The van der Waals surface area contributed by atoms with E-state index in [1.165, 1.54) is 0 Å². The number of hydrogen-bond acceptors (Lipinski definition) is 7. The molecule has 2 saturated heterocycles. The van der Waals surface area contributed by atoms with Crippen LogP contribution in [0, 0.1) is 11.3 Å². The smallest absolute Gasteiger partial charge is 0.245 e. The third kappa shape index (κ3) is 3.35. The minimum Gasteiger partial charge on any atom is -0.381 e. The van der Waals surface area contributed by atoms with Gasteiger partial charge in [-0.1, -0.05) is 17.2 Å². The lowest BCUT2D eigenvalue weighted by atomic mass is 10.1. The van der Waals surface area contributed by atoms with Crippen molar-refractivity contribution < 1.29 is 4.74 Å². The molecule has 0 aliphatic carbocycles. The second-order valence-corrected chi connectivity index (χ2v) is 6.72. The van der Waals surface area contributed by atoms with Crippen LogP contribution >= 0.6 is 0 Å². The summed E-state index contributed by atoms with van der Waals surface area (Å²) in [6.07, 6.45) is 2.90. The zero-order valence-electron chi connectivity index (χ0n) is 14.8. The normalized spacial score (nSPS) is 19.2. The Morgan fingerprint density at radius 3 is 2.65 bits per heavy atom. The number of nitriles is 1. The van der Waals surface area contributed by atoms with Gasteiger partial charge in [-0.3, -0.25) is 0 Å². The molecule has 8 heteroatoms. The minimum absolute atomic E-state index is 0.312. The van der Waals surface area contributed by atoms with Gasteiger partial charge in [0.2, 0.25) is 5.95 Å². The molecular weight excluding hydrogens is 330 g/mol. The van der Waals surface area contributed by atoms with Crippen molar-refractivity contribution in [3.63, 3.8) is 0 Å². The molecule has 26 heavy (non-hydrogen) atoms. The van der Waals surface area contributed by atoms with Gasteiger partial charge in [-0.2, -0.15) is 5.26 Å². The first-order valence-corrected chi connectivity index (χ1v) is 9.21. The second kappa shape index (κ2) is 7.70. The molecule has 0 bridgehead atoms. The average Bonchev–Trinajstić information content (AvgIpc) is 3.07. The minimum atomic E-state index is 0.312. The van der Waals surface area contributed by atoms with Crippen LogP contribution < -0.4 is 9.80 Å². The average molecular weight is 353 g/mol. The summed E-state index contributed by atoms with van der Waals surface area (Å²) < 4.78 is 7.43. The van der Waals surface area contributed by atoms with Gasteiger partial charge in [0.1, 0.15) is 6.07 Å². The Morgan fingerprint density at radius 1 is 1.04 bits per heavy atom. The van der Waals surface area contributed by atoms with Crippen LogP contribution in [0.1, 0.15) is 30.9 Å². The topological polar surface area (TPSA) is 83.1 Å². The Hall–Kier alpha value is -2.66. The lowest BCUT2D eigenvalue weighted by Gasteiger charge is -2.27. The Kier molecular flexibility index (Phi) is 4.97. The van der Waals surface area contributed by atoms with E-state index in [2.05, 4.69) is 31.4 Å². The Balaban J connectivity index is 1.50. The van der Waals surface area contributed by atoms with Gasteiger partial charge in [0, 0.05) is 39.4 Å². The fourth-order valence-corrected chi connectivity index (χ4v) is 3.77. The van der Waals surface area contributed by atoms with Crippen molar-refractivity contribution in [2.75, 3.05) is 49.2 Å². The molecule has 2 fully saturated rings. The van der Waals surface area contributed by atoms with Crippen molar-refractivity contribution in [3.05, 3.63) is 29.8 Å². The maximum atomic E-state index is 9.38. The van der Waals surface area contributed by atoms with Crippen LogP contribution in [0.25, 0.3) is 0 Å². The van der Waals surface area contributed by atoms with Gasteiger partial charge >= 0.3 is 0 Å². The highest BCUT2D eigenvalue weighted by Gasteiger charge is 2.25. The molecule has 0 unspecified atom stereocenters. The molecule has 0 radical (unpaired) electrons. The van der Waals surface area contributed by atoms with Crippen LogP contribution in [-0.4, -0.2) is 59.6 Å². The van der Waals surface area contributed by atoms with Crippen LogP contribution in [0.15, 0.2) is 24.3 Å². The van der Waals surface area contributed by atoms with E-state index in [9.17, 15) is 5.26 Å². The number of rotatable bonds is 3. The van der Waals surface area contributed by atoms with Crippen molar-refractivity contribution in [2.45, 2.75) is 25.3 Å². The van der Waals surface area contributed by atoms with Crippen molar-refractivity contribution in [1.82, 2.24) is 20.2 Å². The van der Waals surface area contributed by atoms with Crippen LogP contribution in [0.3, 0.4) is 0 Å². The Labute approximate surface area is 153 Å². The van der Waals surface area contributed by atoms with E-state index >= 15 is 0 Å². The summed E-state index contributed by atoms with van der Waals surface area (Å²) in [5.74, 6) is 0.854. The summed E-state index contributed by atoms with van der Waals surface area (Å²) in [6, 6.07) is 10.4. The van der Waals surface area contributed by atoms with Crippen LogP contribution in [0.2, 0.25) is 0 Å². The van der Waals surface area contributed by atoms with E-state index in [0.717, 1.165) is 75.9 Å². The number of anilines is 2. The van der Waals surface area contributed by atoms with Crippen LogP contribution in [0.4, 0.5) is 11.6 Å². The number of benzene rings is 1. The highest BCUT2D eigenvalue weighted by molar-refractivity contribution is 5.59. The van der Waals surface area contributed by atoms with Gasteiger partial charge in [-0.05, 0) is 41.8 Å². The van der Waals surface area contributed by atoms with Crippen molar-refractivity contribution >= 4 is 11.6 Å². The summed E-state index contributed by atoms with van der Waals surface area (Å²) >= 11 is 0. The zero-order valence-corrected chi connectivity index (χ0v) is 14.8. The lowest BCUT2D eigenvalue weighted by Crippen LogP contribution is -2.34. The number of aromatic nitrogens is 4. The predicted molar refractivity (Wildman–Crippen MR) is 97.1 cm³/mol. The quantitative estimate of drug-likeness (QED) is 0.829. The Bertz CT molecular complexity index is 778. The molecule has 136 valence electrons. The van der Waals surface area contributed by atoms with E-state index in [1.807, 2.05) is 28.9 Å². The lowest BCUT2D eigenvalue weighted by molar-refractivity contribution is 0.0660. The molecule has 1 aromatic heterocycles. The maximum Gasteiger partial charge on any atom is 0.245 e. The van der Waals surface area contributed by atoms with Gasteiger partial charge in [0.15, 0.2) is 0 Å². The molecule has 0 N–H and O–H groups in total.